The molecule has 134 valence electrons. The Kier molecular flexibility index (Phi) is 4.79. The number of rotatable bonds is 5. The smallest absolute Gasteiger partial charge is 0.253 e. The zero-order valence-electron chi connectivity index (χ0n) is 14.1. The number of carbonyl (C=O) groups excluding carboxylic acids is 2. The lowest BCUT2D eigenvalue weighted by molar-refractivity contribution is -0.118. The highest BCUT2D eigenvalue weighted by atomic mass is 32.2. The molecule has 2 N–H and O–H groups in total. The molecule has 4 rings (SSSR count). The standard InChI is InChI=1S/C19H19N3O3S/c23-16(12-4-1-2-5-12)17-15(14-6-3-11-25-14)21-19(26-17)22-18(24)13-7-9-20-10-8-13/h3,6-12,19,21H,1-2,4-5H2,(H,22,24). The molecule has 2 aromatic rings. The van der Waals surface area contributed by atoms with Crippen molar-refractivity contribution in [3.63, 3.8) is 0 Å². The topological polar surface area (TPSA) is 84.2 Å². The van der Waals surface area contributed by atoms with Crippen molar-refractivity contribution in [2.45, 2.75) is 31.2 Å². The molecule has 1 fully saturated rings. The van der Waals surface area contributed by atoms with E-state index in [4.69, 9.17) is 4.42 Å². The van der Waals surface area contributed by atoms with E-state index >= 15 is 0 Å². The average molecular weight is 369 g/mol. The predicted molar refractivity (Wildman–Crippen MR) is 98.8 cm³/mol. The summed E-state index contributed by atoms with van der Waals surface area (Å²) < 4.78 is 5.49. The van der Waals surface area contributed by atoms with Gasteiger partial charge in [0.25, 0.3) is 5.91 Å². The van der Waals surface area contributed by atoms with Crippen LogP contribution in [0.15, 0.2) is 52.2 Å². The lowest BCUT2D eigenvalue weighted by Crippen LogP contribution is -2.39. The molecule has 1 atom stereocenters. The molecule has 0 spiro atoms. The van der Waals surface area contributed by atoms with Crippen LogP contribution < -0.4 is 10.6 Å². The molecule has 6 nitrogen and oxygen atoms in total. The molecule has 0 bridgehead atoms. The molecule has 0 radical (unpaired) electrons. The van der Waals surface area contributed by atoms with Crippen molar-refractivity contribution < 1.29 is 14.0 Å². The van der Waals surface area contributed by atoms with Gasteiger partial charge in [0.15, 0.2) is 17.0 Å². The predicted octanol–water partition coefficient (Wildman–Crippen LogP) is 3.15. The van der Waals surface area contributed by atoms with Gasteiger partial charge in [-0.1, -0.05) is 24.6 Å². The first-order valence-electron chi connectivity index (χ1n) is 8.69. The van der Waals surface area contributed by atoms with Crippen LogP contribution in [0.5, 0.6) is 0 Å². The second-order valence-electron chi connectivity index (χ2n) is 6.38. The molecule has 0 saturated heterocycles. The molecule has 1 aliphatic carbocycles. The van der Waals surface area contributed by atoms with Crippen LogP contribution in [0.2, 0.25) is 0 Å². The lowest BCUT2D eigenvalue weighted by atomic mass is 10.0. The number of pyridine rings is 1. The average Bonchev–Trinajstić information content (AvgIpc) is 3.42. The van der Waals surface area contributed by atoms with Crippen molar-refractivity contribution in [3.05, 3.63) is 59.2 Å². The van der Waals surface area contributed by atoms with Crippen LogP contribution in [0.3, 0.4) is 0 Å². The van der Waals surface area contributed by atoms with Crippen LogP contribution in [0.1, 0.15) is 41.8 Å². The third-order valence-electron chi connectivity index (χ3n) is 4.66. The van der Waals surface area contributed by atoms with E-state index in [0.29, 0.717) is 21.9 Å². The molecule has 3 heterocycles. The van der Waals surface area contributed by atoms with Crippen LogP contribution >= 0.6 is 11.8 Å². The number of hydrogen-bond donors (Lipinski definition) is 2. The molecular weight excluding hydrogens is 350 g/mol. The number of carbonyl (C=O) groups is 2. The van der Waals surface area contributed by atoms with E-state index in [9.17, 15) is 9.59 Å². The second-order valence-corrected chi connectivity index (χ2v) is 7.49. The van der Waals surface area contributed by atoms with Crippen LogP contribution in [0.4, 0.5) is 0 Å². The molecule has 1 saturated carbocycles. The van der Waals surface area contributed by atoms with E-state index in [1.165, 1.54) is 11.8 Å². The maximum atomic E-state index is 13.0. The van der Waals surface area contributed by atoms with Crippen molar-refractivity contribution in [3.8, 4) is 0 Å². The van der Waals surface area contributed by atoms with Crippen molar-refractivity contribution in [1.29, 1.82) is 0 Å². The normalized spacial score (nSPS) is 20.2. The summed E-state index contributed by atoms with van der Waals surface area (Å²) in [5.74, 6) is 0.608. The highest BCUT2D eigenvalue weighted by Crippen LogP contribution is 2.39. The Morgan fingerprint density at radius 3 is 2.65 bits per heavy atom. The van der Waals surface area contributed by atoms with E-state index < -0.39 is 5.50 Å². The fourth-order valence-electron chi connectivity index (χ4n) is 3.33. The van der Waals surface area contributed by atoms with E-state index in [1.54, 1.807) is 36.9 Å². The Labute approximate surface area is 155 Å². The van der Waals surface area contributed by atoms with Crippen molar-refractivity contribution in [1.82, 2.24) is 15.6 Å². The van der Waals surface area contributed by atoms with Crippen LogP contribution in [-0.4, -0.2) is 22.2 Å². The van der Waals surface area contributed by atoms with Gasteiger partial charge in [-0.15, -0.1) is 0 Å². The monoisotopic (exact) mass is 369 g/mol. The van der Waals surface area contributed by atoms with Gasteiger partial charge in [0.2, 0.25) is 0 Å². The van der Waals surface area contributed by atoms with Gasteiger partial charge < -0.3 is 15.1 Å². The molecule has 0 aromatic carbocycles. The van der Waals surface area contributed by atoms with Gasteiger partial charge in [-0.25, -0.2) is 0 Å². The van der Waals surface area contributed by atoms with Gasteiger partial charge in [0, 0.05) is 23.9 Å². The summed E-state index contributed by atoms with van der Waals surface area (Å²) in [4.78, 5) is 29.9. The highest BCUT2D eigenvalue weighted by Gasteiger charge is 2.35. The molecule has 1 amide bonds. The Morgan fingerprint density at radius 1 is 1.19 bits per heavy atom. The molecular formula is C19H19N3O3S. The molecule has 2 aliphatic rings. The number of allylic oxidation sites excluding steroid dienone is 1. The van der Waals surface area contributed by atoms with Crippen molar-refractivity contribution in [2.75, 3.05) is 0 Å². The molecule has 1 unspecified atom stereocenters. The first-order valence-corrected chi connectivity index (χ1v) is 9.57. The Balaban J connectivity index is 1.53. The van der Waals surface area contributed by atoms with Gasteiger partial charge in [-0.3, -0.25) is 14.6 Å². The summed E-state index contributed by atoms with van der Waals surface area (Å²) in [7, 11) is 0. The number of amides is 1. The number of furan rings is 1. The number of hydrogen-bond acceptors (Lipinski definition) is 6. The third-order valence-corrected chi connectivity index (χ3v) is 5.77. The highest BCUT2D eigenvalue weighted by molar-refractivity contribution is 8.05. The number of Topliss-reactive ketones (excluding diaryl/α,β-unsaturated/α-hetero) is 1. The first-order chi connectivity index (χ1) is 12.7. The lowest BCUT2D eigenvalue weighted by Gasteiger charge is -2.14. The summed E-state index contributed by atoms with van der Waals surface area (Å²) in [5, 5.41) is 6.14. The fraction of sp³-hybridized carbons (Fsp3) is 0.316. The van der Waals surface area contributed by atoms with E-state index in [0.717, 1.165) is 25.7 Å². The van der Waals surface area contributed by atoms with Crippen LogP contribution in [0, 0.1) is 5.92 Å². The van der Waals surface area contributed by atoms with E-state index in [1.807, 2.05) is 6.07 Å². The van der Waals surface area contributed by atoms with Gasteiger partial charge in [-0.2, -0.15) is 0 Å². The van der Waals surface area contributed by atoms with Crippen molar-refractivity contribution in [2.24, 2.45) is 5.92 Å². The zero-order chi connectivity index (χ0) is 17.9. The van der Waals surface area contributed by atoms with E-state index in [-0.39, 0.29) is 17.6 Å². The summed E-state index contributed by atoms with van der Waals surface area (Å²) in [6.07, 6.45) is 8.79. The first kappa shape index (κ1) is 16.9. The van der Waals surface area contributed by atoms with Crippen LogP contribution in [-0.2, 0) is 4.79 Å². The summed E-state index contributed by atoms with van der Waals surface area (Å²) in [5.41, 5.74) is 0.769. The Hall–Kier alpha value is -2.54. The van der Waals surface area contributed by atoms with Gasteiger partial charge in [0.05, 0.1) is 16.9 Å². The molecule has 1 aliphatic heterocycles. The molecule has 2 aromatic heterocycles. The van der Waals surface area contributed by atoms with Crippen LogP contribution in [0.25, 0.3) is 5.70 Å². The minimum atomic E-state index is -0.420. The third kappa shape index (κ3) is 3.39. The van der Waals surface area contributed by atoms with Gasteiger partial charge >= 0.3 is 0 Å². The van der Waals surface area contributed by atoms with Gasteiger partial charge in [-0.05, 0) is 37.1 Å². The fourth-order valence-corrected chi connectivity index (χ4v) is 4.47. The van der Waals surface area contributed by atoms with Gasteiger partial charge in [0.1, 0.15) is 0 Å². The Bertz CT molecular complexity index is 827. The minimum Gasteiger partial charge on any atom is -0.463 e. The summed E-state index contributed by atoms with van der Waals surface area (Å²) >= 11 is 1.35. The second kappa shape index (κ2) is 7.37. The quantitative estimate of drug-likeness (QED) is 0.842. The largest absolute Gasteiger partial charge is 0.463 e. The summed E-state index contributed by atoms with van der Waals surface area (Å²) in [6, 6.07) is 6.91. The van der Waals surface area contributed by atoms with Crippen molar-refractivity contribution >= 4 is 29.1 Å². The molecule has 26 heavy (non-hydrogen) atoms. The number of nitrogens with one attached hydrogen (secondary N) is 2. The molecule has 7 heteroatoms. The number of nitrogens with zero attached hydrogens (tertiary/aromatic N) is 1. The van der Waals surface area contributed by atoms with E-state index in [2.05, 4.69) is 15.6 Å². The number of ketones is 1. The minimum absolute atomic E-state index is 0.0684. The number of aromatic nitrogens is 1. The zero-order valence-corrected chi connectivity index (χ0v) is 14.9. The number of thioether (sulfide) groups is 1. The Morgan fingerprint density at radius 2 is 1.96 bits per heavy atom. The SMILES string of the molecule is O=C(NC1NC(c2ccco2)=C(C(=O)C2CCCC2)S1)c1ccncc1. The maximum Gasteiger partial charge on any atom is 0.253 e. The summed E-state index contributed by atoms with van der Waals surface area (Å²) in [6.45, 7) is 0. The maximum absolute atomic E-state index is 13.0.